The summed E-state index contributed by atoms with van der Waals surface area (Å²) in [6.07, 6.45) is 0. The summed E-state index contributed by atoms with van der Waals surface area (Å²) >= 11 is 0. The number of hydrogen-bond acceptors (Lipinski definition) is 1. The van der Waals surface area contributed by atoms with Crippen LogP contribution in [0.1, 0.15) is 66.8 Å². The lowest BCUT2D eigenvalue weighted by Crippen LogP contribution is -2.43. The van der Waals surface area contributed by atoms with Gasteiger partial charge in [-0.2, -0.15) is 0 Å². The highest BCUT2D eigenvalue weighted by Crippen LogP contribution is 2.69. The van der Waals surface area contributed by atoms with Crippen LogP contribution in [-0.2, 0) is 16.2 Å². The van der Waals surface area contributed by atoms with E-state index in [0.717, 1.165) is 11.4 Å². The Morgan fingerprint density at radius 2 is 0.514 bits per heavy atom. The molecule has 3 spiro atoms. The molecule has 5 aliphatic rings. The van der Waals surface area contributed by atoms with Crippen molar-refractivity contribution in [2.45, 2.75) is 16.2 Å². The number of nitrogens with zero attached hydrogens (tertiary/aromatic N) is 1. The molecule has 0 aliphatic heterocycles. The molecular weight excluding hydrogens is 843 g/mol. The predicted octanol–water partition coefficient (Wildman–Crippen LogP) is 16.5. The Balaban J connectivity index is 1.01. The van der Waals surface area contributed by atoms with E-state index in [1.807, 2.05) is 0 Å². The van der Waals surface area contributed by atoms with Gasteiger partial charge in [-0.05, 0) is 136 Å². The molecule has 0 atom stereocenters. The molecule has 0 N–H and O–H groups in total. The molecular formula is C69H43N. The summed E-state index contributed by atoms with van der Waals surface area (Å²) in [4.78, 5) is 2.57. The second-order valence-corrected chi connectivity index (χ2v) is 19.7. The molecule has 11 aromatic rings. The summed E-state index contributed by atoms with van der Waals surface area (Å²) in [6, 6.07) is 99.3. The van der Waals surface area contributed by atoms with Crippen LogP contribution in [0.2, 0.25) is 0 Å². The Hall–Kier alpha value is -8.78. The molecule has 0 radical (unpaired) electrons. The molecule has 0 saturated heterocycles. The minimum absolute atomic E-state index is 0.501. The van der Waals surface area contributed by atoms with Crippen molar-refractivity contribution in [3.05, 3.63) is 328 Å². The van der Waals surface area contributed by atoms with Gasteiger partial charge in [-0.1, -0.05) is 231 Å². The molecule has 0 heterocycles. The summed E-state index contributed by atoms with van der Waals surface area (Å²) in [6.45, 7) is 0. The summed E-state index contributed by atoms with van der Waals surface area (Å²) in [7, 11) is 0. The summed E-state index contributed by atoms with van der Waals surface area (Å²) in [5, 5.41) is 0. The monoisotopic (exact) mass is 885 g/mol. The molecule has 1 heteroatoms. The van der Waals surface area contributed by atoms with Gasteiger partial charge in [0, 0.05) is 16.9 Å². The van der Waals surface area contributed by atoms with E-state index in [9.17, 15) is 0 Å². The van der Waals surface area contributed by atoms with E-state index < -0.39 is 16.2 Å². The van der Waals surface area contributed by atoms with Gasteiger partial charge in [-0.15, -0.1) is 0 Å². The zero-order valence-electron chi connectivity index (χ0n) is 38.3. The van der Waals surface area contributed by atoms with Gasteiger partial charge in [0.05, 0.1) is 21.9 Å². The third kappa shape index (κ3) is 4.37. The number of para-hydroxylation sites is 1. The Bertz CT molecular complexity index is 3880. The fourth-order valence-corrected chi connectivity index (χ4v) is 14.7. The van der Waals surface area contributed by atoms with Crippen molar-refractivity contribution in [2.75, 3.05) is 4.90 Å². The van der Waals surface area contributed by atoms with Gasteiger partial charge in [0.2, 0.25) is 0 Å². The average Bonchev–Trinajstić information content (AvgIpc) is 4.11. The minimum atomic E-state index is -0.616. The van der Waals surface area contributed by atoms with Gasteiger partial charge < -0.3 is 4.90 Å². The van der Waals surface area contributed by atoms with E-state index in [4.69, 9.17) is 0 Å². The molecule has 16 rings (SSSR count). The highest BCUT2D eigenvalue weighted by Gasteiger charge is 2.59. The molecule has 1 nitrogen and oxygen atoms in total. The van der Waals surface area contributed by atoms with Crippen molar-refractivity contribution >= 4 is 17.1 Å². The molecule has 324 valence electrons. The van der Waals surface area contributed by atoms with Crippen LogP contribution in [0.25, 0.3) is 44.5 Å². The van der Waals surface area contributed by atoms with Gasteiger partial charge >= 0.3 is 0 Å². The van der Waals surface area contributed by atoms with Crippen molar-refractivity contribution in [2.24, 2.45) is 0 Å². The highest BCUT2D eigenvalue weighted by atomic mass is 15.1. The van der Waals surface area contributed by atoms with Crippen molar-refractivity contribution in [3.8, 4) is 44.5 Å². The highest BCUT2D eigenvalue weighted by molar-refractivity contribution is 6.01. The van der Waals surface area contributed by atoms with Crippen LogP contribution >= 0.6 is 0 Å². The molecule has 0 bridgehead atoms. The van der Waals surface area contributed by atoms with Gasteiger partial charge in [0.25, 0.3) is 0 Å². The predicted molar refractivity (Wildman–Crippen MR) is 286 cm³/mol. The molecule has 0 aromatic heterocycles. The lowest BCUT2D eigenvalue weighted by molar-refractivity contribution is 0.633. The summed E-state index contributed by atoms with van der Waals surface area (Å²) in [5.74, 6) is 0. The fraction of sp³-hybridized carbons (Fsp3) is 0.0435. The normalized spacial score (nSPS) is 15.2. The lowest BCUT2D eigenvalue weighted by Gasteiger charge is -2.49. The van der Waals surface area contributed by atoms with Crippen LogP contribution in [0, 0.1) is 0 Å². The van der Waals surface area contributed by atoms with Crippen LogP contribution in [0.4, 0.5) is 17.1 Å². The number of benzene rings is 11. The van der Waals surface area contributed by atoms with Crippen LogP contribution < -0.4 is 4.90 Å². The van der Waals surface area contributed by atoms with Crippen molar-refractivity contribution < 1.29 is 0 Å². The third-order valence-electron chi connectivity index (χ3n) is 17.0. The number of fused-ring (bicyclic) bond motifs is 26. The Kier molecular flexibility index (Phi) is 7.47. The van der Waals surface area contributed by atoms with Crippen molar-refractivity contribution in [3.63, 3.8) is 0 Å². The second kappa shape index (κ2) is 13.7. The Morgan fingerprint density at radius 1 is 0.200 bits per heavy atom. The Morgan fingerprint density at radius 3 is 0.943 bits per heavy atom. The largest absolute Gasteiger partial charge is 0.310 e. The third-order valence-corrected chi connectivity index (χ3v) is 17.0. The summed E-state index contributed by atoms with van der Waals surface area (Å²) < 4.78 is 0. The lowest BCUT2D eigenvalue weighted by atomic mass is 9.52. The van der Waals surface area contributed by atoms with Gasteiger partial charge in [0.15, 0.2) is 0 Å². The van der Waals surface area contributed by atoms with E-state index in [2.05, 4.69) is 266 Å². The quantitative estimate of drug-likeness (QED) is 0.171. The van der Waals surface area contributed by atoms with Crippen molar-refractivity contribution in [1.29, 1.82) is 0 Å². The zero-order valence-corrected chi connectivity index (χ0v) is 38.3. The van der Waals surface area contributed by atoms with Crippen LogP contribution in [0.15, 0.2) is 261 Å². The molecule has 0 fully saturated rings. The first-order chi connectivity index (χ1) is 34.8. The van der Waals surface area contributed by atoms with E-state index in [-0.39, 0.29) is 0 Å². The second-order valence-electron chi connectivity index (χ2n) is 19.7. The van der Waals surface area contributed by atoms with E-state index in [1.54, 1.807) is 0 Å². The summed E-state index contributed by atoms with van der Waals surface area (Å²) in [5.41, 5.74) is 28.2. The topological polar surface area (TPSA) is 3.24 Å². The first kappa shape index (κ1) is 38.2. The first-order valence-corrected chi connectivity index (χ1v) is 24.7. The van der Waals surface area contributed by atoms with E-state index in [0.29, 0.717) is 0 Å². The standard InChI is InChI=1S/C69H43N/c1-2-21-44(22-3-1)70(65-40-20-29-53-51-28-9-15-35-59(51)69(66(53)65)57-33-13-7-25-48(57)49-26-8-14-34-58(49)69)45-41-42-52-50-27-6-12-32-56(50)68(64(52)43-45)62-38-18-16-36-60(62)67(61-37-17-19-39-63(61)68)54-30-10-4-23-46(54)47-24-5-11-31-55(47)67/h1-43H. The smallest absolute Gasteiger partial charge is 0.0746 e. The van der Waals surface area contributed by atoms with E-state index in [1.165, 1.54) is 117 Å². The maximum absolute atomic E-state index is 2.57. The minimum Gasteiger partial charge on any atom is -0.310 e. The van der Waals surface area contributed by atoms with Gasteiger partial charge in [-0.25, -0.2) is 0 Å². The number of anilines is 3. The van der Waals surface area contributed by atoms with E-state index >= 15 is 0 Å². The van der Waals surface area contributed by atoms with Crippen LogP contribution in [-0.4, -0.2) is 0 Å². The van der Waals surface area contributed by atoms with Gasteiger partial charge in [-0.3, -0.25) is 0 Å². The van der Waals surface area contributed by atoms with Crippen LogP contribution in [0.3, 0.4) is 0 Å². The molecule has 11 aromatic carbocycles. The maximum Gasteiger partial charge on any atom is 0.0746 e. The SMILES string of the molecule is c1ccc(N(c2ccc3c(c2)C2(c4ccccc4-3)c3ccccc3C3(c4ccccc4-c4ccccc43)c3ccccc32)c2cccc3c2C2(c4ccccc4-c4ccccc42)c2ccccc2-3)cc1. The Labute approximate surface area is 408 Å². The molecule has 5 aliphatic carbocycles. The number of hydrogen-bond donors (Lipinski definition) is 0. The molecule has 70 heavy (non-hydrogen) atoms. The van der Waals surface area contributed by atoms with Gasteiger partial charge in [0.1, 0.15) is 0 Å². The van der Waals surface area contributed by atoms with Crippen LogP contribution in [0.5, 0.6) is 0 Å². The molecule has 0 amide bonds. The number of rotatable bonds is 3. The molecule has 0 saturated carbocycles. The first-order valence-electron chi connectivity index (χ1n) is 24.7. The van der Waals surface area contributed by atoms with Crippen molar-refractivity contribution in [1.82, 2.24) is 0 Å². The average molecular weight is 886 g/mol. The zero-order chi connectivity index (χ0) is 45.8. The maximum atomic E-state index is 2.57. The fourth-order valence-electron chi connectivity index (χ4n) is 14.7. The molecule has 0 unspecified atom stereocenters.